The summed E-state index contributed by atoms with van der Waals surface area (Å²) in [6.45, 7) is 3.33. The van der Waals surface area contributed by atoms with Gasteiger partial charge in [-0.15, -0.1) is 0 Å². The minimum atomic E-state index is -0.0595. The van der Waals surface area contributed by atoms with Crippen LogP contribution in [0.2, 0.25) is 0 Å². The number of guanidine groups is 1. The molecule has 0 radical (unpaired) electrons. The molecule has 0 aliphatic carbocycles. The Morgan fingerprint density at radius 1 is 0.897 bits per heavy atom. The van der Waals surface area contributed by atoms with Crippen LogP contribution in [0.1, 0.15) is 12.5 Å². The van der Waals surface area contributed by atoms with Crippen LogP contribution in [-0.2, 0) is 6.42 Å². The van der Waals surface area contributed by atoms with Crippen molar-refractivity contribution in [2.45, 2.75) is 19.4 Å². The molecule has 0 fully saturated rings. The topological polar surface area (TPSA) is 73.3 Å². The SMILES string of the molecule is CN=C(NCCc1ccc(OC)c(OC)c1)NCC(C)Oc1ccccc1OC. The van der Waals surface area contributed by atoms with Gasteiger partial charge in [-0.05, 0) is 43.2 Å². The highest BCUT2D eigenvalue weighted by Crippen LogP contribution is 2.28. The molecule has 0 heterocycles. The van der Waals surface area contributed by atoms with Crippen LogP contribution in [0.15, 0.2) is 47.5 Å². The average Bonchev–Trinajstić information content (AvgIpc) is 2.76. The second-order valence-corrected chi connectivity index (χ2v) is 6.40. The highest BCUT2D eigenvalue weighted by molar-refractivity contribution is 5.79. The minimum Gasteiger partial charge on any atom is -0.493 e. The van der Waals surface area contributed by atoms with Crippen molar-refractivity contribution in [3.8, 4) is 23.0 Å². The van der Waals surface area contributed by atoms with Crippen molar-refractivity contribution in [2.24, 2.45) is 4.99 Å². The van der Waals surface area contributed by atoms with Crippen LogP contribution in [0.25, 0.3) is 0 Å². The van der Waals surface area contributed by atoms with E-state index in [-0.39, 0.29) is 6.10 Å². The number of nitrogens with zero attached hydrogens (tertiary/aromatic N) is 1. The van der Waals surface area contributed by atoms with Crippen LogP contribution in [0, 0.1) is 0 Å². The van der Waals surface area contributed by atoms with Crippen molar-refractivity contribution >= 4 is 5.96 Å². The quantitative estimate of drug-likeness (QED) is 0.471. The van der Waals surface area contributed by atoms with E-state index in [2.05, 4.69) is 15.6 Å². The molecule has 0 aromatic heterocycles. The van der Waals surface area contributed by atoms with Crippen LogP contribution < -0.4 is 29.6 Å². The maximum atomic E-state index is 5.96. The van der Waals surface area contributed by atoms with Crippen molar-refractivity contribution in [3.05, 3.63) is 48.0 Å². The molecule has 2 aromatic carbocycles. The summed E-state index contributed by atoms with van der Waals surface area (Å²) in [5.41, 5.74) is 1.15. The molecule has 1 unspecified atom stereocenters. The normalized spacial score (nSPS) is 12.1. The van der Waals surface area contributed by atoms with Crippen LogP contribution in [-0.4, -0.2) is 53.5 Å². The molecule has 0 aliphatic heterocycles. The third-order valence-electron chi connectivity index (χ3n) is 4.33. The molecule has 0 amide bonds. The smallest absolute Gasteiger partial charge is 0.191 e. The molecule has 7 nitrogen and oxygen atoms in total. The summed E-state index contributed by atoms with van der Waals surface area (Å²) in [4.78, 5) is 4.26. The van der Waals surface area contributed by atoms with E-state index in [0.717, 1.165) is 47.5 Å². The number of rotatable bonds is 10. The number of methoxy groups -OCH3 is 3. The van der Waals surface area contributed by atoms with E-state index in [1.54, 1.807) is 28.4 Å². The third kappa shape index (κ3) is 6.78. The largest absolute Gasteiger partial charge is 0.493 e. The number of ether oxygens (including phenoxy) is 4. The van der Waals surface area contributed by atoms with Gasteiger partial charge in [0.05, 0.1) is 27.9 Å². The minimum absolute atomic E-state index is 0.0595. The number of nitrogens with one attached hydrogen (secondary N) is 2. The van der Waals surface area contributed by atoms with Gasteiger partial charge in [0.25, 0.3) is 0 Å². The van der Waals surface area contributed by atoms with Crippen molar-refractivity contribution in [1.82, 2.24) is 10.6 Å². The second-order valence-electron chi connectivity index (χ2n) is 6.40. The first-order valence-corrected chi connectivity index (χ1v) is 9.56. The summed E-state index contributed by atoms with van der Waals surface area (Å²) in [7, 11) is 6.65. The summed E-state index contributed by atoms with van der Waals surface area (Å²) in [5.74, 6) is 3.62. The highest BCUT2D eigenvalue weighted by Gasteiger charge is 2.10. The highest BCUT2D eigenvalue weighted by atomic mass is 16.5. The first kappa shape index (κ1) is 22.2. The molecule has 7 heteroatoms. The lowest BCUT2D eigenvalue weighted by Gasteiger charge is -2.19. The van der Waals surface area contributed by atoms with Crippen molar-refractivity contribution < 1.29 is 18.9 Å². The fourth-order valence-electron chi connectivity index (χ4n) is 2.80. The Morgan fingerprint density at radius 2 is 1.55 bits per heavy atom. The molecule has 0 spiro atoms. The Hall–Kier alpha value is -3.09. The number of hydrogen-bond acceptors (Lipinski definition) is 5. The lowest BCUT2D eigenvalue weighted by molar-refractivity contribution is 0.213. The van der Waals surface area contributed by atoms with E-state index in [1.165, 1.54) is 0 Å². The van der Waals surface area contributed by atoms with Gasteiger partial charge in [0, 0.05) is 13.6 Å². The Morgan fingerprint density at radius 3 is 2.21 bits per heavy atom. The molecular weight excluding hydrogens is 370 g/mol. The van der Waals surface area contributed by atoms with Crippen molar-refractivity contribution in [1.29, 1.82) is 0 Å². The van der Waals surface area contributed by atoms with E-state index in [0.29, 0.717) is 6.54 Å². The zero-order valence-electron chi connectivity index (χ0n) is 17.8. The van der Waals surface area contributed by atoms with Gasteiger partial charge in [0.2, 0.25) is 0 Å². The van der Waals surface area contributed by atoms with E-state index < -0.39 is 0 Å². The van der Waals surface area contributed by atoms with Gasteiger partial charge < -0.3 is 29.6 Å². The number of aliphatic imine (C=N–C) groups is 1. The summed E-state index contributed by atoms with van der Waals surface area (Å²) < 4.78 is 21.9. The fraction of sp³-hybridized carbons (Fsp3) is 0.409. The summed E-state index contributed by atoms with van der Waals surface area (Å²) >= 11 is 0. The Labute approximate surface area is 173 Å². The zero-order valence-corrected chi connectivity index (χ0v) is 17.8. The van der Waals surface area contributed by atoms with Crippen LogP contribution in [0.4, 0.5) is 0 Å². The van der Waals surface area contributed by atoms with E-state index in [4.69, 9.17) is 18.9 Å². The molecule has 2 aromatic rings. The van der Waals surface area contributed by atoms with Gasteiger partial charge in [-0.1, -0.05) is 18.2 Å². The molecular formula is C22H31N3O4. The van der Waals surface area contributed by atoms with Crippen LogP contribution in [0.3, 0.4) is 0 Å². The van der Waals surface area contributed by atoms with E-state index >= 15 is 0 Å². The van der Waals surface area contributed by atoms with Gasteiger partial charge in [0.1, 0.15) is 6.10 Å². The zero-order chi connectivity index (χ0) is 21.1. The van der Waals surface area contributed by atoms with Gasteiger partial charge >= 0.3 is 0 Å². The lowest BCUT2D eigenvalue weighted by Crippen LogP contribution is -2.42. The monoisotopic (exact) mass is 401 g/mol. The maximum Gasteiger partial charge on any atom is 0.191 e. The first-order valence-electron chi connectivity index (χ1n) is 9.56. The summed E-state index contributed by atoms with van der Waals surface area (Å²) in [6, 6.07) is 13.5. The van der Waals surface area contributed by atoms with Crippen LogP contribution in [0.5, 0.6) is 23.0 Å². The number of para-hydroxylation sites is 2. The summed E-state index contributed by atoms with van der Waals surface area (Å²) in [6.07, 6.45) is 0.768. The molecule has 0 aliphatic rings. The lowest BCUT2D eigenvalue weighted by atomic mass is 10.1. The second kappa shape index (κ2) is 11.7. The van der Waals surface area contributed by atoms with E-state index in [1.807, 2.05) is 49.4 Å². The Bertz CT molecular complexity index is 795. The molecule has 2 rings (SSSR count). The average molecular weight is 402 g/mol. The predicted octanol–water partition coefficient (Wildman–Crippen LogP) is 2.89. The molecule has 0 bridgehead atoms. The molecule has 0 saturated heterocycles. The van der Waals surface area contributed by atoms with Gasteiger partial charge in [0.15, 0.2) is 29.0 Å². The van der Waals surface area contributed by atoms with Crippen molar-refractivity contribution in [3.63, 3.8) is 0 Å². The van der Waals surface area contributed by atoms with Gasteiger partial charge in [-0.25, -0.2) is 0 Å². The molecule has 1 atom stereocenters. The van der Waals surface area contributed by atoms with E-state index in [9.17, 15) is 0 Å². The van der Waals surface area contributed by atoms with Crippen LogP contribution >= 0.6 is 0 Å². The number of hydrogen-bond donors (Lipinski definition) is 2. The molecule has 158 valence electrons. The number of benzene rings is 2. The molecule has 2 N–H and O–H groups in total. The molecule has 29 heavy (non-hydrogen) atoms. The Kier molecular flexibility index (Phi) is 8.95. The van der Waals surface area contributed by atoms with Gasteiger partial charge in [-0.3, -0.25) is 4.99 Å². The fourth-order valence-corrected chi connectivity index (χ4v) is 2.80. The van der Waals surface area contributed by atoms with Crippen molar-refractivity contribution in [2.75, 3.05) is 41.5 Å². The standard InChI is InChI=1S/C22H31N3O4/c1-16(29-20-9-7-6-8-18(20)26-3)15-25-22(23-2)24-13-12-17-10-11-19(27-4)21(14-17)28-5/h6-11,14,16H,12-13,15H2,1-5H3,(H2,23,24,25). The van der Waals surface area contributed by atoms with Gasteiger partial charge in [-0.2, -0.15) is 0 Å². The molecule has 0 saturated carbocycles. The Balaban J connectivity index is 1.79. The maximum absolute atomic E-state index is 5.96. The third-order valence-corrected chi connectivity index (χ3v) is 4.33. The summed E-state index contributed by atoms with van der Waals surface area (Å²) in [5, 5.41) is 6.59. The predicted molar refractivity (Wildman–Crippen MR) is 116 cm³/mol. The first-order chi connectivity index (χ1) is 14.1.